The van der Waals surface area contributed by atoms with Gasteiger partial charge < -0.3 is 5.11 Å². The minimum atomic E-state index is -0.643. The Kier molecular flexibility index (Phi) is 3.92. The molecule has 1 fully saturated rings. The third kappa shape index (κ3) is 3.52. The van der Waals surface area contributed by atoms with Gasteiger partial charge in [0.05, 0.1) is 6.42 Å². The summed E-state index contributed by atoms with van der Waals surface area (Å²) >= 11 is 3.64. The van der Waals surface area contributed by atoms with E-state index >= 15 is 0 Å². The molecule has 0 spiro atoms. The maximum absolute atomic E-state index is 10.7. The van der Waals surface area contributed by atoms with Crippen molar-refractivity contribution in [1.82, 2.24) is 0 Å². The van der Waals surface area contributed by atoms with Crippen LogP contribution in [0.3, 0.4) is 0 Å². The highest BCUT2D eigenvalue weighted by Gasteiger charge is 2.43. The molecule has 2 rings (SSSR count). The summed E-state index contributed by atoms with van der Waals surface area (Å²) in [4.78, 5) is 10.7. The monoisotopic (exact) mass is 256 g/mol. The highest BCUT2D eigenvalue weighted by atomic mass is 32.2. The zero-order chi connectivity index (χ0) is 11.4. The van der Waals surface area contributed by atoms with Crippen molar-refractivity contribution in [2.75, 3.05) is 11.5 Å². The first-order valence-electron chi connectivity index (χ1n) is 5.51. The lowest BCUT2D eigenvalue weighted by Crippen LogP contribution is -2.11. The zero-order valence-electron chi connectivity index (χ0n) is 9.15. The Morgan fingerprint density at radius 3 is 2.94 bits per heavy atom. The van der Waals surface area contributed by atoms with Crippen LogP contribution in [0.1, 0.15) is 24.8 Å². The van der Waals surface area contributed by atoms with E-state index in [-0.39, 0.29) is 5.41 Å². The number of hydrogen-bond donors (Lipinski definition) is 1. The predicted octanol–water partition coefficient (Wildman–Crippen LogP) is 3.28. The van der Waals surface area contributed by atoms with Crippen LogP contribution in [0, 0.1) is 5.41 Å². The van der Waals surface area contributed by atoms with Crippen LogP contribution in [-0.4, -0.2) is 22.6 Å². The molecule has 1 heterocycles. The second-order valence-corrected chi connectivity index (χ2v) is 6.39. The Hall–Kier alpha value is -0.480. The summed E-state index contributed by atoms with van der Waals surface area (Å²) in [6, 6.07) is 2.16. The zero-order valence-corrected chi connectivity index (χ0v) is 10.8. The summed E-state index contributed by atoms with van der Waals surface area (Å²) in [6.07, 6.45) is 3.67. The Labute approximate surface area is 104 Å². The normalized spacial score (nSPS) is 17.2. The lowest BCUT2D eigenvalue weighted by atomic mass is 10.1. The molecule has 1 aromatic heterocycles. The van der Waals surface area contributed by atoms with Gasteiger partial charge in [0.1, 0.15) is 0 Å². The molecule has 4 heteroatoms. The van der Waals surface area contributed by atoms with Crippen molar-refractivity contribution in [1.29, 1.82) is 0 Å². The Balaban J connectivity index is 1.63. The molecule has 0 aromatic carbocycles. The van der Waals surface area contributed by atoms with Crippen molar-refractivity contribution < 1.29 is 9.90 Å². The Bertz CT molecular complexity index is 342. The third-order valence-corrected chi connectivity index (χ3v) is 5.05. The average Bonchev–Trinajstić information content (AvgIpc) is 2.79. The Morgan fingerprint density at radius 1 is 1.56 bits per heavy atom. The third-order valence-electron chi connectivity index (χ3n) is 3.01. The van der Waals surface area contributed by atoms with Crippen LogP contribution in [0.4, 0.5) is 0 Å². The second kappa shape index (κ2) is 5.23. The highest BCUT2D eigenvalue weighted by molar-refractivity contribution is 7.99. The predicted molar refractivity (Wildman–Crippen MR) is 69.3 cm³/mol. The molecule has 1 saturated carbocycles. The molecule has 1 aliphatic rings. The number of carbonyl (C=O) groups is 1. The first-order chi connectivity index (χ1) is 7.70. The Morgan fingerprint density at radius 2 is 2.38 bits per heavy atom. The van der Waals surface area contributed by atoms with Gasteiger partial charge in [-0.15, -0.1) is 0 Å². The number of aryl methyl sites for hydroxylation is 1. The van der Waals surface area contributed by atoms with Crippen molar-refractivity contribution >= 4 is 29.1 Å². The van der Waals surface area contributed by atoms with Gasteiger partial charge in [0.2, 0.25) is 0 Å². The van der Waals surface area contributed by atoms with Gasteiger partial charge >= 0.3 is 5.97 Å². The standard InChI is InChI=1S/C12H16O2S2/c13-11(14)7-12(3-4-12)9-16-6-2-10-1-5-15-8-10/h1,5,8H,2-4,6-7,9H2,(H,13,14). The first kappa shape index (κ1) is 12.0. The van der Waals surface area contributed by atoms with Crippen LogP contribution in [0.2, 0.25) is 0 Å². The van der Waals surface area contributed by atoms with Crippen molar-refractivity contribution in [2.45, 2.75) is 25.7 Å². The van der Waals surface area contributed by atoms with Crippen molar-refractivity contribution in [3.05, 3.63) is 22.4 Å². The van der Waals surface area contributed by atoms with Gasteiger partial charge in [-0.25, -0.2) is 0 Å². The number of thiophene rings is 1. The van der Waals surface area contributed by atoms with Gasteiger partial charge in [0.25, 0.3) is 0 Å². The fraction of sp³-hybridized carbons (Fsp3) is 0.583. The first-order valence-corrected chi connectivity index (χ1v) is 7.61. The molecule has 0 saturated heterocycles. The molecule has 0 radical (unpaired) electrons. The van der Waals surface area contributed by atoms with Crippen molar-refractivity contribution in [3.63, 3.8) is 0 Å². The number of hydrogen-bond acceptors (Lipinski definition) is 3. The van der Waals surface area contributed by atoms with Crippen LogP contribution in [0.5, 0.6) is 0 Å². The molecule has 0 unspecified atom stereocenters. The quantitative estimate of drug-likeness (QED) is 0.761. The average molecular weight is 256 g/mol. The van der Waals surface area contributed by atoms with Gasteiger partial charge in [-0.3, -0.25) is 4.79 Å². The summed E-state index contributed by atoms with van der Waals surface area (Å²) in [5.74, 6) is 1.48. The summed E-state index contributed by atoms with van der Waals surface area (Å²) < 4.78 is 0. The SMILES string of the molecule is O=C(O)CC1(CSCCc2ccsc2)CC1. The van der Waals surface area contributed by atoms with E-state index in [4.69, 9.17) is 5.11 Å². The fourth-order valence-electron chi connectivity index (χ4n) is 1.78. The molecule has 0 atom stereocenters. The van der Waals surface area contributed by atoms with Gasteiger partial charge in [0.15, 0.2) is 0 Å². The smallest absolute Gasteiger partial charge is 0.303 e. The summed E-state index contributed by atoms with van der Waals surface area (Å²) in [7, 11) is 0. The molecule has 0 aliphatic heterocycles. The van der Waals surface area contributed by atoms with E-state index in [9.17, 15) is 4.79 Å². The number of carboxylic acids is 1. The van der Waals surface area contributed by atoms with E-state index in [0.29, 0.717) is 6.42 Å². The maximum atomic E-state index is 10.7. The maximum Gasteiger partial charge on any atom is 0.303 e. The molecular weight excluding hydrogens is 240 g/mol. The molecule has 1 N–H and O–H groups in total. The number of rotatable bonds is 7. The van der Waals surface area contributed by atoms with E-state index in [0.717, 1.165) is 30.8 Å². The molecule has 16 heavy (non-hydrogen) atoms. The second-order valence-electron chi connectivity index (χ2n) is 4.50. The van der Waals surface area contributed by atoms with E-state index in [2.05, 4.69) is 16.8 Å². The van der Waals surface area contributed by atoms with Gasteiger partial charge in [-0.05, 0) is 58.6 Å². The molecule has 0 amide bonds. The molecule has 88 valence electrons. The van der Waals surface area contributed by atoms with Gasteiger partial charge in [-0.2, -0.15) is 23.1 Å². The van der Waals surface area contributed by atoms with Gasteiger partial charge in [0, 0.05) is 0 Å². The largest absolute Gasteiger partial charge is 0.481 e. The minimum absolute atomic E-state index is 0.144. The summed E-state index contributed by atoms with van der Waals surface area (Å²) in [5, 5.41) is 13.1. The van der Waals surface area contributed by atoms with Crippen molar-refractivity contribution in [3.8, 4) is 0 Å². The number of thioether (sulfide) groups is 1. The van der Waals surface area contributed by atoms with Crippen LogP contribution >= 0.6 is 23.1 Å². The minimum Gasteiger partial charge on any atom is -0.481 e. The fourth-order valence-corrected chi connectivity index (χ4v) is 3.83. The van der Waals surface area contributed by atoms with Crippen molar-refractivity contribution in [2.24, 2.45) is 5.41 Å². The van der Waals surface area contributed by atoms with E-state index < -0.39 is 5.97 Å². The van der Waals surface area contributed by atoms with Crippen LogP contribution < -0.4 is 0 Å². The van der Waals surface area contributed by atoms with Gasteiger partial charge in [-0.1, -0.05) is 0 Å². The highest BCUT2D eigenvalue weighted by Crippen LogP contribution is 2.51. The summed E-state index contributed by atoms with van der Waals surface area (Å²) in [6.45, 7) is 0. The van der Waals surface area contributed by atoms with E-state index in [1.54, 1.807) is 11.3 Å². The molecular formula is C12H16O2S2. The van der Waals surface area contributed by atoms with Crippen LogP contribution in [-0.2, 0) is 11.2 Å². The summed E-state index contributed by atoms with van der Waals surface area (Å²) in [5.41, 5.74) is 1.55. The molecule has 1 aliphatic carbocycles. The number of aliphatic carboxylic acids is 1. The molecule has 1 aromatic rings. The lowest BCUT2D eigenvalue weighted by Gasteiger charge is -2.11. The lowest BCUT2D eigenvalue weighted by molar-refractivity contribution is -0.138. The topological polar surface area (TPSA) is 37.3 Å². The van der Waals surface area contributed by atoms with E-state index in [1.807, 2.05) is 11.8 Å². The van der Waals surface area contributed by atoms with Crippen LogP contribution in [0.15, 0.2) is 16.8 Å². The van der Waals surface area contributed by atoms with Crippen LogP contribution in [0.25, 0.3) is 0 Å². The molecule has 2 nitrogen and oxygen atoms in total. The molecule has 0 bridgehead atoms. The number of carboxylic acid groups (broad SMARTS) is 1. The van der Waals surface area contributed by atoms with E-state index in [1.165, 1.54) is 5.56 Å².